The van der Waals surface area contributed by atoms with Crippen LogP contribution in [0.3, 0.4) is 0 Å². The smallest absolute Gasteiger partial charge is 0.163 e. The van der Waals surface area contributed by atoms with Crippen LogP contribution < -0.4 is 9.47 Å². The van der Waals surface area contributed by atoms with Crippen LogP contribution in [0, 0.1) is 5.82 Å². The Morgan fingerprint density at radius 2 is 1.85 bits per heavy atom. The Kier molecular flexibility index (Phi) is 4.89. The number of aryl methyl sites for hydroxylation is 1. The first-order valence-electron chi connectivity index (χ1n) is 6.24. The van der Waals surface area contributed by atoms with E-state index in [0.717, 1.165) is 11.3 Å². The molecular weight excluding hydrogens is 299 g/mol. The van der Waals surface area contributed by atoms with Crippen molar-refractivity contribution in [1.29, 1.82) is 0 Å². The van der Waals surface area contributed by atoms with E-state index in [4.69, 9.17) is 21.1 Å². The van der Waals surface area contributed by atoms with Crippen LogP contribution in [0.15, 0.2) is 24.3 Å². The fourth-order valence-corrected chi connectivity index (χ4v) is 3.26. The molecule has 1 aromatic carbocycles. The van der Waals surface area contributed by atoms with Crippen LogP contribution in [0.25, 0.3) is 0 Å². The molecule has 0 bridgehead atoms. The predicted octanol–water partition coefficient (Wildman–Crippen LogP) is 4.80. The van der Waals surface area contributed by atoms with Gasteiger partial charge in [0.25, 0.3) is 0 Å². The van der Waals surface area contributed by atoms with E-state index in [1.54, 1.807) is 17.4 Å². The minimum Gasteiger partial charge on any atom is -0.493 e. The molecule has 2 aromatic rings. The number of benzene rings is 1. The standard InChI is InChI=1S/C15H16ClFO2S/c1-4-9-5-6-14(20-9)15(16)10-7-12(18-2)13(19-3)8-11(10)17/h5-8,15H,4H2,1-3H3. The molecule has 0 fully saturated rings. The summed E-state index contributed by atoms with van der Waals surface area (Å²) >= 11 is 8.00. The van der Waals surface area contributed by atoms with Gasteiger partial charge in [0.1, 0.15) is 5.82 Å². The molecule has 1 heterocycles. The highest BCUT2D eigenvalue weighted by Crippen LogP contribution is 2.39. The Morgan fingerprint density at radius 3 is 2.40 bits per heavy atom. The van der Waals surface area contributed by atoms with Gasteiger partial charge in [-0.2, -0.15) is 0 Å². The number of hydrogen-bond acceptors (Lipinski definition) is 3. The molecule has 0 amide bonds. The molecule has 0 aliphatic carbocycles. The van der Waals surface area contributed by atoms with E-state index in [1.807, 2.05) is 12.1 Å². The summed E-state index contributed by atoms with van der Waals surface area (Å²) in [5, 5.41) is -0.528. The van der Waals surface area contributed by atoms with Gasteiger partial charge in [0, 0.05) is 21.4 Å². The van der Waals surface area contributed by atoms with Crippen molar-refractivity contribution in [2.24, 2.45) is 0 Å². The van der Waals surface area contributed by atoms with Crippen LogP contribution in [-0.2, 0) is 6.42 Å². The molecule has 20 heavy (non-hydrogen) atoms. The number of alkyl halides is 1. The Labute approximate surface area is 127 Å². The molecule has 108 valence electrons. The second-order valence-electron chi connectivity index (χ2n) is 4.25. The fourth-order valence-electron chi connectivity index (χ4n) is 1.94. The Morgan fingerprint density at radius 1 is 1.20 bits per heavy atom. The molecule has 0 radical (unpaired) electrons. The lowest BCUT2D eigenvalue weighted by molar-refractivity contribution is 0.351. The molecule has 5 heteroatoms. The summed E-state index contributed by atoms with van der Waals surface area (Å²) in [5.41, 5.74) is 0.397. The van der Waals surface area contributed by atoms with Crippen molar-refractivity contribution in [3.05, 3.63) is 45.4 Å². The monoisotopic (exact) mass is 314 g/mol. The first-order chi connectivity index (χ1) is 9.60. The van der Waals surface area contributed by atoms with Crippen LogP contribution in [-0.4, -0.2) is 14.2 Å². The molecule has 2 nitrogen and oxygen atoms in total. The third-order valence-electron chi connectivity index (χ3n) is 3.06. The number of methoxy groups -OCH3 is 2. The van der Waals surface area contributed by atoms with Gasteiger partial charge in [-0.05, 0) is 24.6 Å². The van der Waals surface area contributed by atoms with Gasteiger partial charge in [0.15, 0.2) is 11.5 Å². The lowest BCUT2D eigenvalue weighted by atomic mass is 10.1. The molecule has 1 aromatic heterocycles. The Balaban J connectivity index is 2.40. The average Bonchev–Trinajstić information content (AvgIpc) is 2.95. The number of hydrogen-bond donors (Lipinski definition) is 0. The lowest BCUT2D eigenvalue weighted by Gasteiger charge is -2.13. The molecule has 0 aliphatic heterocycles. The second kappa shape index (κ2) is 6.46. The summed E-state index contributed by atoms with van der Waals surface area (Å²) in [6.45, 7) is 2.08. The molecule has 1 unspecified atom stereocenters. The SMILES string of the molecule is CCc1ccc(C(Cl)c2cc(OC)c(OC)cc2F)s1. The van der Waals surface area contributed by atoms with Crippen molar-refractivity contribution >= 4 is 22.9 Å². The fraction of sp³-hybridized carbons (Fsp3) is 0.333. The largest absolute Gasteiger partial charge is 0.493 e. The highest BCUT2D eigenvalue weighted by atomic mass is 35.5. The van der Waals surface area contributed by atoms with E-state index in [9.17, 15) is 4.39 Å². The predicted molar refractivity (Wildman–Crippen MR) is 80.9 cm³/mol. The number of thiophene rings is 1. The van der Waals surface area contributed by atoms with Crippen molar-refractivity contribution in [3.8, 4) is 11.5 Å². The maximum Gasteiger partial charge on any atom is 0.163 e. The van der Waals surface area contributed by atoms with Gasteiger partial charge in [-0.1, -0.05) is 6.92 Å². The zero-order valence-corrected chi connectivity index (χ0v) is 13.1. The molecule has 0 saturated heterocycles. The first-order valence-corrected chi connectivity index (χ1v) is 7.50. The highest BCUT2D eigenvalue weighted by Gasteiger charge is 2.20. The van der Waals surface area contributed by atoms with Gasteiger partial charge in [0.05, 0.1) is 19.6 Å². The minimum absolute atomic E-state index is 0.359. The van der Waals surface area contributed by atoms with Gasteiger partial charge in [-0.25, -0.2) is 4.39 Å². The van der Waals surface area contributed by atoms with Crippen LogP contribution >= 0.6 is 22.9 Å². The van der Waals surface area contributed by atoms with Crippen molar-refractivity contribution < 1.29 is 13.9 Å². The van der Waals surface area contributed by atoms with Crippen LogP contribution in [0.1, 0.15) is 27.6 Å². The zero-order chi connectivity index (χ0) is 14.7. The summed E-state index contributed by atoms with van der Waals surface area (Å²) in [4.78, 5) is 2.15. The average molecular weight is 315 g/mol. The molecular formula is C15H16ClFO2S. The number of halogens is 2. The van der Waals surface area contributed by atoms with E-state index in [2.05, 4.69) is 6.92 Å². The van der Waals surface area contributed by atoms with Gasteiger partial charge in [-0.15, -0.1) is 22.9 Å². The molecule has 0 N–H and O–H groups in total. The van der Waals surface area contributed by atoms with Crippen LogP contribution in [0.5, 0.6) is 11.5 Å². The van der Waals surface area contributed by atoms with Gasteiger partial charge in [0.2, 0.25) is 0 Å². The summed E-state index contributed by atoms with van der Waals surface area (Å²) < 4.78 is 24.4. The molecule has 0 aliphatic rings. The van der Waals surface area contributed by atoms with Gasteiger partial charge < -0.3 is 9.47 Å². The van der Waals surface area contributed by atoms with Gasteiger partial charge >= 0.3 is 0 Å². The van der Waals surface area contributed by atoms with E-state index >= 15 is 0 Å². The molecule has 0 spiro atoms. The topological polar surface area (TPSA) is 18.5 Å². The Bertz CT molecular complexity index is 598. The van der Waals surface area contributed by atoms with Crippen LogP contribution in [0.4, 0.5) is 4.39 Å². The zero-order valence-electron chi connectivity index (χ0n) is 11.6. The third kappa shape index (κ3) is 2.91. The summed E-state index contributed by atoms with van der Waals surface area (Å²) in [7, 11) is 2.99. The first kappa shape index (κ1) is 15.1. The maximum absolute atomic E-state index is 14.2. The van der Waals surface area contributed by atoms with Crippen molar-refractivity contribution in [3.63, 3.8) is 0 Å². The second-order valence-corrected chi connectivity index (χ2v) is 5.89. The van der Waals surface area contributed by atoms with Crippen LogP contribution in [0.2, 0.25) is 0 Å². The quantitative estimate of drug-likeness (QED) is 0.738. The summed E-state index contributed by atoms with van der Waals surface area (Å²) in [5.74, 6) is 0.439. The summed E-state index contributed by atoms with van der Waals surface area (Å²) in [6, 6.07) is 6.86. The minimum atomic E-state index is -0.528. The van der Waals surface area contributed by atoms with Crippen molar-refractivity contribution in [2.45, 2.75) is 18.7 Å². The molecule has 1 atom stereocenters. The van der Waals surface area contributed by atoms with Crippen molar-refractivity contribution in [2.75, 3.05) is 14.2 Å². The van der Waals surface area contributed by atoms with E-state index in [1.165, 1.54) is 25.2 Å². The normalized spacial score (nSPS) is 12.2. The number of ether oxygens (including phenoxy) is 2. The van der Waals surface area contributed by atoms with Crippen molar-refractivity contribution in [1.82, 2.24) is 0 Å². The third-order valence-corrected chi connectivity index (χ3v) is 4.95. The Hall–Kier alpha value is -1.26. The van der Waals surface area contributed by atoms with Gasteiger partial charge in [-0.3, -0.25) is 0 Å². The molecule has 0 saturated carbocycles. The van der Waals surface area contributed by atoms with E-state index < -0.39 is 11.2 Å². The summed E-state index contributed by atoms with van der Waals surface area (Å²) in [6.07, 6.45) is 0.947. The maximum atomic E-state index is 14.2. The van der Waals surface area contributed by atoms with E-state index in [-0.39, 0.29) is 0 Å². The number of rotatable bonds is 5. The molecule has 2 rings (SSSR count). The lowest BCUT2D eigenvalue weighted by Crippen LogP contribution is -1.99. The van der Waals surface area contributed by atoms with E-state index in [0.29, 0.717) is 17.1 Å². The highest BCUT2D eigenvalue weighted by molar-refractivity contribution is 7.12.